The monoisotopic (exact) mass is 95.1 g/mol. The topological polar surface area (TPSA) is 0 Å². The Labute approximate surface area is 62.6 Å². The summed E-state index contributed by atoms with van der Waals surface area (Å²) in [5.74, 6) is 1.50. The predicted molar refractivity (Wildman–Crippen MR) is 32.0 cm³/mol. The van der Waals surface area contributed by atoms with Crippen LogP contribution in [0.5, 0.6) is 0 Å². The summed E-state index contributed by atoms with van der Waals surface area (Å²) in [5, 5.41) is 0. The van der Waals surface area contributed by atoms with E-state index in [1.165, 1.54) is 12.3 Å². The third-order valence-corrected chi connectivity index (χ3v) is 0.707. The van der Waals surface area contributed by atoms with Crippen LogP contribution >= 0.6 is 0 Å². The molecule has 0 aliphatic carbocycles. The van der Waals surface area contributed by atoms with E-state index in [0.29, 0.717) is 0 Å². The molecule has 0 aromatic rings. The van der Waals surface area contributed by atoms with Crippen molar-refractivity contribution < 1.29 is 0 Å². The van der Waals surface area contributed by atoms with Crippen molar-refractivity contribution >= 4 is 29.6 Å². The van der Waals surface area contributed by atoms with Crippen molar-refractivity contribution in [2.75, 3.05) is 0 Å². The van der Waals surface area contributed by atoms with E-state index in [2.05, 4.69) is 20.8 Å². The first kappa shape index (κ1) is 10.1. The molecule has 0 fully saturated rings. The van der Waals surface area contributed by atoms with Gasteiger partial charge in [0.1, 0.15) is 0 Å². The van der Waals surface area contributed by atoms with Crippen molar-refractivity contribution in [3.63, 3.8) is 0 Å². The Hall–Kier alpha value is 1.00. The second-order valence-electron chi connectivity index (χ2n) is 1.56. The minimum absolute atomic E-state index is 0. The summed E-state index contributed by atoms with van der Waals surface area (Å²) in [5.41, 5.74) is 0. The van der Waals surface area contributed by atoms with Gasteiger partial charge in [-0.25, -0.2) is 0 Å². The summed E-state index contributed by atoms with van der Waals surface area (Å²) in [4.78, 5) is 0. The van der Waals surface area contributed by atoms with Crippen LogP contribution in [-0.4, -0.2) is 29.6 Å². The fourth-order valence-corrected chi connectivity index (χ4v) is 0. The number of rotatable bonds is 1. The molecule has 0 nitrogen and oxygen atoms in total. The first-order chi connectivity index (χ1) is 2.27. The molecule has 0 unspecified atom stereocenters. The molecule has 33 valence electrons. The van der Waals surface area contributed by atoms with Crippen LogP contribution in [0.4, 0.5) is 0 Å². The van der Waals surface area contributed by atoms with Crippen LogP contribution in [-0.2, 0) is 0 Å². The van der Waals surface area contributed by atoms with Gasteiger partial charge in [-0.1, -0.05) is 27.2 Å². The van der Waals surface area contributed by atoms with Gasteiger partial charge in [-0.3, -0.25) is 0 Å². The van der Waals surface area contributed by atoms with Crippen molar-refractivity contribution in [1.29, 1.82) is 0 Å². The van der Waals surface area contributed by atoms with E-state index >= 15 is 0 Å². The fourth-order valence-electron chi connectivity index (χ4n) is 0. The molecular formula is C5H12Na. The quantitative estimate of drug-likeness (QED) is 0.431. The van der Waals surface area contributed by atoms with Gasteiger partial charge in [-0.2, -0.15) is 0 Å². The van der Waals surface area contributed by atoms with Gasteiger partial charge in [0.25, 0.3) is 0 Å². The Morgan fingerprint density at radius 3 is 1.50 bits per heavy atom. The van der Waals surface area contributed by atoms with Gasteiger partial charge >= 0.3 is 29.6 Å². The maximum absolute atomic E-state index is 2.16. The molecule has 0 bridgehead atoms. The second kappa shape index (κ2) is 6.00. The minimum atomic E-state index is 0. The van der Waals surface area contributed by atoms with Crippen LogP contribution in [0.2, 0.25) is 0 Å². The third-order valence-electron chi connectivity index (χ3n) is 0.707. The zero-order chi connectivity index (χ0) is 4.28. The van der Waals surface area contributed by atoms with E-state index in [1.54, 1.807) is 0 Å². The molecule has 0 rings (SSSR count). The molecule has 0 saturated heterocycles. The Balaban J connectivity index is 0. The van der Waals surface area contributed by atoms with Gasteiger partial charge in [0, 0.05) is 0 Å². The van der Waals surface area contributed by atoms with Crippen LogP contribution in [0, 0.1) is 5.92 Å². The molecule has 1 heteroatoms. The third kappa shape index (κ3) is 8.89. The van der Waals surface area contributed by atoms with Gasteiger partial charge in [-0.15, -0.1) is 0 Å². The molecule has 0 amide bonds. The van der Waals surface area contributed by atoms with E-state index in [1.807, 2.05) is 0 Å². The molecule has 0 aromatic carbocycles. The standard InChI is InChI=1S/C5H11.Na.H/c1-4-5(2)3;;/h4H2,1-3H3;;. The summed E-state index contributed by atoms with van der Waals surface area (Å²) >= 11 is 0. The molecule has 0 aromatic heterocycles. The predicted octanol–water partition coefficient (Wildman–Crippen LogP) is 1.36. The maximum atomic E-state index is 2.16. The van der Waals surface area contributed by atoms with Crippen molar-refractivity contribution in [2.45, 2.75) is 27.2 Å². The summed E-state index contributed by atoms with van der Waals surface area (Å²) in [6.07, 6.45) is 1.22. The first-order valence-corrected chi connectivity index (χ1v) is 2.06. The van der Waals surface area contributed by atoms with Crippen molar-refractivity contribution in [1.82, 2.24) is 0 Å². The number of hydrogen-bond donors (Lipinski definition) is 0. The van der Waals surface area contributed by atoms with Crippen molar-refractivity contribution in [3.8, 4) is 0 Å². The average Bonchev–Trinajstić information content (AvgIpc) is 1.38. The van der Waals surface area contributed by atoms with E-state index in [4.69, 9.17) is 0 Å². The van der Waals surface area contributed by atoms with Crippen LogP contribution in [0.1, 0.15) is 27.2 Å². The average molecular weight is 95.1 g/mol. The molecule has 0 atom stereocenters. The Morgan fingerprint density at radius 2 is 1.50 bits per heavy atom. The normalized spacial score (nSPS) is 8.00. The fraction of sp³-hybridized carbons (Fsp3) is 0.800. The molecular weight excluding hydrogens is 83.0 g/mol. The Morgan fingerprint density at radius 1 is 1.33 bits per heavy atom. The molecule has 0 saturated carbocycles. The molecule has 6 heavy (non-hydrogen) atoms. The van der Waals surface area contributed by atoms with Gasteiger partial charge < -0.3 is 0 Å². The van der Waals surface area contributed by atoms with Crippen LogP contribution in [0.15, 0.2) is 0 Å². The first-order valence-electron chi connectivity index (χ1n) is 2.06. The zero-order valence-electron chi connectivity index (χ0n) is 4.21. The number of hydrogen-bond acceptors (Lipinski definition) is 0. The molecule has 0 N–H and O–H groups in total. The van der Waals surface area contributed by atoms with Crippen molar-refractivity contribution in [2.24, 2.45) is 0 Å². The summed E-state index contributed by atoms with van der Waals surface area (Å²) in [6.45, 7) is 6.44. The van der Waals surface area contributed by atoms with Gasteiger partial charge in [-0.05, 0) is 5.92 Å². The van der Waals surface area contributed by atoms with Crippen molar-refractivity contribution in [3.05, 3.63) is 5.92 Å². The second-order valence-corrected chi connectivity index (χ2v) is 1.56. The van der Waals surface area contributed by atoms with E-state index in [-0.39, 0.29) is 29.6 Å². The molecule has 0 heterocycles. The van der Waals surface area contributed by atoms with Crippen LogP contribution in [0.25, 0.3) is 0 Å². The molecule has 0 aliphatic heterocycles. The van der Waals surface area contributed by atoms with Gasteiger partial charge in [0.15, 0.2) is 0 Å². The molecule has 0 spiro atoms. The van der Waals surface area contributed by atoms with Gasteiger partial charge in [0.2, 0.25) is 0 Å². The van der Waals surface area contributed by atoms with E-state index in [9.17, 15) is 0 Å². The van der Waals surface area contributed by atoms with Crippen LogP contribution in [0.3, 0.4) is 0 Å². The van der Waals surface area contributed by atoms with Crippen LogP contribution < -0.4 is 0 Å². The SMILES string of the molecule is CC[C](C)C.[NaH]. The summed E-state index contributed by atoms with van der Waals surface area (Å²) < 4.78 is 0. The summed E-state index contributed by atoms with van der Waals surface area (Å²) in [7, 11) is 0. The van der Waals surface area contributed by atoms with E-state index in [0.717, 1.165) is 0 Å². The Bertz CT molecular complexity index is 17.9. The summed E-state index contributed by atoms with van der Waals surface area (Å²) in [6, 6.07) is 0. The zero-order valence-corrected chi connectivity index (χ0v) is 4.21. The molecule has 0 aliphatic rings. The van der Waals surface area contributed by atoms with E-state index < -0.39 is 0 Å². The molecule has 1 radical (unpaired) electrons. The van der Waals surface area contributed by atoms with Gasteiger partial charge in [0.05, 0.1) is 0 Å². The Kier molecular flexibility index (Phi) is 10.1.